The highest BCUT2D eigenvalue weighted by Crippen LogP contribution is 2.32. The molecule has 2 heterocycles. The Labute approximate surface area is 122 Å². The van der Waals surface area contributed by atoms with Gasteiger partial charge in [0.2, 0.25) is 0 Å². The van der Waals surface area contributed by atoms with Crippen molar-refractivity contribution in [2.75, 3.05) is 13.1 Å². The molecule has 1 saturated heterocycles. The lowest BCUT2D eigenvalue weighted by Gasteiger charge is -2.28. The number of thiophene rings is 1. The minimum Gasteiger partial charge on any atom is -0.389 e. The van der Waals surface area contributed by atoms with E-state index in [2.05, 4.69) is 46.1 Å². The maximum atomic E-state index is 10.8. The summed E-state index contributed by atoms with van der Waals surface area (Å²) >= 11 is 5.30. The molecule has 1 aromatic heterocycles. The molecule has 0 amide bonds. The van der Waals surface area contributed by atoms with Crippen LogP contribution in [0.5, 0.6) is 0 Å². The van der Waals surface area contributed by atoms with E-state index in [1.165, 1.54) is 4.88 Å². The van der Waals surface area contributed by atoms with Gasteiger partial charge in [-0.2, -0.15) is 0 Å². The Balaban J connectivity index is 2.01. The van der Waals surface area contributed by atoms with Gasteiger partial charge >= 0.3 is 0 Å². The Kier molecular flexibility index (Phi) is 4.86. The van der Waals surface area contributed by atoms with E-state index in [4.69, 9.17) is 0 Å². The summed E-state index contributed by atoms with van der Waals surface area (Å²) in [4.78, 5) is 3.75. The molecule has 0 aliphatic carbocycles. The molecule has 18 heavy (non-hydrogen) atoms. The monoisotopic (exact) mass is 331 g/mol. The predicted molar refractivity (Wildman–Crippen MR) is 81.2 cm³/mol. The molecule has 1 aromatic rings. The molecule has 1 unspecified atom stereocenters. The van der Waals surface area contributed by atoms with Crippen LogP contribution in [0.25, 0.3) is 0 Å². The van der Waals surface area contributed by atoms with E-state index in [-0.39, 0.29) is 0 Å². The Bertz CT molecular complexity index is 393. The second-order valence-corrected chi connectivity index (χ2v) is 7.43. The first-order valence-electron chi connectivity index (χ1n) is 6.68. The predicted octanol–water partition coefficient (Wildman–Crippen LogP) is 3.68. The van der Waals surface area contributed by atoms with Gasteiger partial charge in [0.25, 0.3) is 0 Å². The van der Waals surface area contributed by atoms with E-state index >= 15 is 0 Å². The van der Waals surface area contributed by atoms with Crippen molar-refractivity contribution in [2.24, 2.45) is 0 Å². The Hall–Kier alpha value is 0.100. The van der Waals surface area contributed by atoms with E-state index in [9.17, 15) is 5.11 Å². The van der Waals surface area contributed by atoms with Crippen LogP contribution in [0, 0.1) is 0 Å². The van der Waals surface area contributed by atoms with Gasteiger partial charge in [-0.1, -0.05) is 0 Å². The molecule has 1 aliphatic heterocycles. The van der Waals surface area contributed by atoms with Gasteiger partial charge in [-0.05, 0) is 67.0 Å². The third-order valence-corrected chi connectivity index (χ3v) is 5.79. The molecule has 1 aliphatic rings. The van der Waals surface area contributed by atoms with E-state index in [0.29, 0.717) is 6.04 Å². The smallest absolute Gasteiger partial charge is 0.0708 e. The highest BCUT2D eigenvalue weighted by Gasteiger charge is 2.31. The molecular formula is C14H22BrNOS. The summed E-state index contributed by atoms with van der Waals surface area (Å²) in [5.74, 6) is 0. The first-order chi connectivity index (χ1) is 8.50. The van der Waals surface area contributed by atoms with Gasteiger partial charge in [-0.25, -0.2) is 0 Å². The third kappa shape index (κ3) is 3.56. The maximum Gasteiger partial charge on any atom is 0.0708 e. The standard InChI is InChI=1S/C14H22BrNOS/c1-11(2)16-7-3-5-14(17,6-8-16)10-13-12(15)4-9-18-13/h4,9,11,17H,3,5-8,10H2,1-2H3. The molecule has 2 rings (SSSR count). The summed E-state index contributed by atoms with van der Waals surface area (Å²) in [6.07, 6.45) is 3.69. The quantitative estimate of drug-likeness (QED) is 0.913. The summed E-state index contributed by atoms with van der Waals surface area (Å²) in [7, 11) is 0. The molecule has 2 nitrogen and oxygen atoms in total. The van der Waals surface area contributed by atoms with Crippen LogP contribution >= 0.6 is 27.3 Å². The van der Waals surface area contributed by atoms with Crippen molar-refractivity contribution in [3.05, 3.63) is 20.8 Å². The number of aliphatic hydroxyl groups is 1. The lowest BCUT2D eigenvalue weighted by atomic mass is 9.90. The molecule has 1 atom stereocenters. The van der Waals surface area contributed by atoms with E-state index in [0.717, 1.165) is 43.2 Å². The van der Waals surface area contributed by atoms with E-state index in [1.54, 1.807) is 11.3 Å². The second kappa shape index (κ2) is 6.04. The number of likely N-dealkylation sites (tertiary alicyclic amines) is 1. The van der Waals surface area contributed by atoms with Gasteiger partial charge in [0, 0.05) is 28.4 Å². The van der Waals surface area contributed by atoms with E-state index < -0.39 is 5.60 Å². The van der Waals surface area contributed by atoms with Crippen LogP contribution in [0.3, 0.4) is 0 Å². The fourth-order valence-corrected chi connectivity index (χ4v) is 4.27. The van der Waals surface area contributed by atoms with Crippen molar-refractivity contribution in [1.29, 1.82) is 0 Å². The first kappa shape index (κ1) is 14.5. The molecule has 4 heteroatoms. The lowest BCUT2D eigenvalue weighted by molar-refractivity contribution is 0.0255. The van der Waals surface area contributed by atoms with Crippen LogP contribution in [-0.4, -0.2) is 34.7 Å². The average Bonchev–Trinajstić information content (AvgIpc) is 2.59. The maximum absolute atomic E-state index is 10.8. The summed E-state index contributed by atoms with van der Waals surface area (Å²) in [6, 6.07) is 2.65. The van der Waals surface area contributed by atoms with Crippen LogP contribution in [0.1, 0.15) is 38.0 Å². The average molecular weight is 332 g/mol. The Morgan fingerprint density at radius 1 is 1.44 bits per heavy atom. The number of halogens is 1. The van der Waals surface area contributed by atoms with Crippen LogP contribution < -0.4 is 0 Å². The van der Waals surface area contributed by atoms with Crippen molar-refractivity contribution in [1.82, 2.24) is 4.90 Å². The van der Waals surface area contributed by atoms with Crippen molar-refractivity contribution in [3.8, 4) is 0 Å². The zero-order valence-electron chi connectivity index (χ0n) is 11.2. The van der Waals surface area contributed by atoms with Crippen LogP contribution in [0.4, 0.5) is 0 Å². The highest BCUT2D eigenvalue weighted by molar-refractivity contribution is 9.10. The van der Waals surface area contributed by atoms with Crippen LogP contribution in [0.2, 0.25) is 0 Å². The van der Waals surface area contributed by atoms with Gasteiger partial charge in [0.15, 0.2) is 0 Å². The van der Waals surface area contributed by atoms with Crippen molar-refractivity contribution in [3.63, 3.8) is 0 Å². The van der Waals surface area contributed by atoms with Crippen LogP contribution in [0.15, 0.2) is 15.9 Å². The zero-order valence-corrected chi connectivity index (χ0v) is 13.6. The third-order valence-electron chi connectivity index (χ3n) is 3.86. The molecule has 0 saturated carbocycles. The topological polar surface area (TPSA) is 23.5 Å². The van der Waals surface area contributed by atoms with Gasteiger partial charge in [0.1, 0.15) is 0 Å². The lowest BCUT2D eigenvalue weighted by Crippen LogP contribution is -2.35. The van der Waals surface area contributed by atoms with E-state index in [1.807, 2.05) is 0 Å². The molecule has 0 spiro atoms. The highest BCUT2D eigenvalue weighted by atomic mass is 79.9. The molecule has 1 N–H and O–H groups in total. The summed E-state index contributed by atoms with van der Waals surface area (Å²) < 4.78 is 1.14. The molecule has 0 bridgehead atoms. The van der Waals surface area contributed by atoms with Crippen molar-refractivity contribution in [2.45, 2.75) is 51.2 Å². The SMILES string of the molecule is CC(C)N1CCCC(O)(Cc2sccc2Br)CC1. The Morgan fingerprint density at radius 2 is 2.22 bits per heavy atom. The minimum atomic E-state index is -0.517. The van der Waals surface area contributed by atoms with Crippen molar-refractivity contribution < 1.29 is 5.11 Å². The summed E-state index contributed by atoms with van der Waals surface area (Å²) in [6.45, 7) is 6.60. The first-order valence-corrected chi connectivity index (χ1v) is 8.36. The summed E-state index contributed by atoms with van der Waals surface area (Å²) in [5, 5.41) is 12.9. The number of hydrogen-bond donors (Lipinski definition) is 1. The molecule has 1 fully saturated rings. The van der Waals surface area contributed by atoms with Crippen LogP contribution in [-0.2, 0) is 6.42 Å². The van der Waals surface area contributed by atoms with Gasteiger partial charge < -0.3 is 10.0 Å². The molecular weight excluding hydrogens is 310 g/mol. The molecule has 0 aromatic carbocycles. The van der Waals surface area contributed by atoms with Gasteiger partial charge in [-0.15, -0.1) is 11.3 Å². The van der Waals surface area contributed by atoms with Crippen molar-refractivity contribution >= 4 is 27.3 Å². The normalized spacial score (nSPS) is 26.5. The molecule has 0 radical (unpaired) electrons. The minimum absolute atomic E-state index is 0.517. The molecule has 102 valence electrons. The largest absolute Gasteiger partial charge is 0.389 e. The van der Waals surface area contributed by atoms with Gasteiger partial charge in [0.05, 0.1) is 5.60 Å². The zero-order chi connectivity index (χ0) is 13.2. The fourth-order valence-electron chi connectivity index (χ4n) is 2.64. The number of nitrogens with zero attached hydrogens (tertiary/aromatic N) is 1. The second-order valence-electron chi connectivity index (χ2n) is 5.58. The Morgan fingerprint density at radius 3 is 2.83 bits per heavy atom. The van der Waals surface area contributed by atoms with Gasteiger partial charge in [-0.3, -0.25) is 0 Å². The summed E-state index contributed by atoms with van der Waals surface area (Å²) in [5.41, 5.74) is -0.517. The number of hydrogen-bond acceptors (Lipinski definition) is 3. The number of rotatable bonds is 3. The fraction of sp³-hybridized carbons (Fsp3) is 0.714.